The van der Waals surface area contributed by atoms with Crippen LogP contribution in [-0.2, 0) is 16.1 Å². The minimum Gasteiger partial charge on any atom is -0.363 e. The standard InChI is InChI=1S/C18H26N2O2S/c1-12-2-5-14(23-12)11-20-9-8-16-15(20)6-7-17(22-16)18(21)19-10-13-3-4-13/h2,5,13,15-17H,3-4,6-11H2,1H3,(H,19,21)/t15-,16-,17-/m1/s1. The molecule has 3 atom stereocenters. The van der Waals surface area contributed by atoms with E-state index in [1.54, 1.807) is 0 Å². The van der Waals surface area contributed by atoms with Crippen molar-refractivity contribution in [2.45, 2.75) is 63.8 Å². The number of likely N-dealkylation sites (tertiary alicyclic amines) is 1. The fourth-order valence-electron chi connectivity index (χ4n) is 3.85. The summed E-state index contributed by atoms with van der Waals surface area (Å²) in [6, 6.07) is 4.93. The van der Waals surface area contributed by atoms with Crippen LogP contribution in [0.2, 0.25) is 0 Å². The van der Waals surface area contributed by atoms with Gasteiger partial charge in [0.05, 0.1) is 6.10 Å². The molecule has 1 saturated carbocycles. The van der Waals surface area contributed by atoms with Gasteiger partial charge in [-0.3, -0.25) is 9.69 Å². The summed E-state index contributed by atoms with van der Waals surface area (Å²) in [5, 5.41) is 3.07. The quantitative estimate of drug-likeness (QED) is 0.900. The van der Waals surface area contributed by atoms with Gasteiger partial charge in [0.25, 0.3) is 0 Å². The Morgan fingerprint density at radius 3 is 2.91 bits per heavy atom. The Bertz CT molecular complexity index is 569. The van der Waals surface area contributed by atoms with Crippen LogP contribution in [0.5, 0.6) is 0 Å². The molecule has 3 aliphatic rings. The van der Waals surface area contributed by atoms with E-state index in [9.17, 15) is 4.79 Å². The van der Waals surface area contributed by atoms with Crippen molar-refractivity contribution >= 4 is 17.2 Å². The van der Waals surface area contributed by atoms with Crippen molar-refractivity contribution in [3.05, 3.63) is 21.9 Å². The van der Waals surface area contributed by atoms with Crippen LogP contribution in [0.4, 0.5) is 0 Å². The van der Waals surface area contributed by atoms with Crippen molar-refractivity contribution in [1.29, 1.82) is 0 Å². The topological polar surface area (TPSA) is 41.6 Å². The fourth-order valence-corrected chi connectivity index (χ4v) is 4.77. The summed E-state index contributed by atoms with van der Waals surface area (Å²) in [5.74, 6) is 0.842. The van der Waals surface area contributed by atoms with Crippen molar-refractivity contribution < 1.29 is 9.53 Å². The maximum Gasteiger partial charge on any atom is 0.249 e. The zero-order valence-corrected chi connectivity index (χ0v) is 14.6. The Labute approximate surface area is 142 Å². The Morgan fingerprint density at radius 2 is 2.17 bits per heavy atom. The molecule has 1 aliphatic carbocycles. The van der Waals surface area contributed by atoms with Gasteiger partial charge in [0, 0.05) is 35.4 Å². The molecular formula is C18H26N2O2S. The van der Waals surface area contributed by atoms with Crippen LogP contribution < -0.4 is 5.32 Å². The number of fused-ring (bicyclic) bond motifs is 1. The number of nitrogens with zero attached hydrogens (tertiary/aromatic N) is 1. The maximum absolute atomic E-state index is 12.2. The number of thiophene rings is 1. The maximum atomic E-state index is 12.2. The monoisotopic (exact) mass is 334 g/mol. The molecule has 4 rings (SSSR count). The number of hydrogen-bond acceptors (Lipinski definition) is 4. The predicted molar refractivity (Wildman–Crippen MR) is 91.5 cm³/mol. The van der Waals surface area contributed by atoms with Gasteiger partial charge in [0.15, 0.2) is 0 Å². The van der Waals surface area contributed by atoms with E-state index >= 15 is 0 Å². The summed E-state index contributed by atoms with van der Waals surface area (Å²) >= 11 is 1.89. The molecular weight excluding hydrogens is 308 g/mol. The molecule has 1 N–H and O–H groups in total. The van der Waals surface area contributed by atoms with Crippen LogP contribution in [0, 0.1) is 12.8 Å². The van der Waals surface area contributed by atoms with Crippen molar-refractivity contribution in [2.75, 3.05) is 13.1 Å². The molecule has 0 aromatic carbocycles. The fraction of sp³-hybridized carbons (Fsp3) is 0.722. The minimum atomic E-state index is -0.223. The van der Waals surface area contributed by atoms with Gasteiger partial charge in [-0.2, -0.15) is 0 Å². The molecule has 3 heterocycles. The average Bonchev–Trinajstić information content (AvgIpc) is 3.18. The normalized spacial score (nSPS) is 31.1. The van der Waals surface area contributed by atoms with E-state index in [0.717, 1.165) is 44.8 Å². The third-order valence-corrected chi connectivity index (χ3v) is 6.36. The largest absolute Gasteiger partial charge is 0.363 e. The molecule has 4 nitrogen and oxygen atoms in total. The van der Waals surface area contributed by atoms with Gasteiger partial charge in [-0.15, -0.1) is 11.3 Å². The first-order valence-corrected chi connectivity index (χ1v) is 9.73. The molecule has 1 aromatic rings. The molecule has 3 fully saturated rings. The van der Waals surface area contributed by atoms with Gasteiger partial charge in [-0.05, 0) is 57.1 Å². The number of rotatable bonds is 5. The van der Waals surface area contributed by atoms with Gasteiger partial charge >= 0.3 is 0 Å². The second kappa shape index (κ2) is 6.54. The number of ether oxygens (including phenoxy) is 1. The predicted octanol–water partition coefficient (Wildman–Crippen LogP) is 2.70. The third-order valence-electron chi connectivity index (χ3n) is 5.37. The Balaban J connectivity index is 1.30. The van der Waals surface area contributed by atoms with Crippen LogP contribution in [-0.4, -0.2) is 42.1 Å². The highest BCUT2D eigenvalue weighted by Crippen LogP contribution is 2.33. The molecule has 5 heteroatoms. The first-order valence-electron chi connectivity index (χ1n) is 8.91. The number of amides is 1. The lowest BCUT2D eigenvalue weighted by atomic mass is 9.98. The number of carbonyl (C=O) groups excluding carboxylic acids is 1. The molecule has 0 spiro atoms. The van der Waals surface area contributed by atoms with Crippen LogP contribution >= 0.6 is 11.3 Å². The van der Waals surface area contributed by atoms with Crippen LogP contribution in [0.25, 0.3) is 0 Å². The lowest BCUT2D eigenvalue weighted by molar-refractivity contribution is -0.144. The molecule has 2 saturated heterocycles. The first-order chi connectivity index (χ1) is 11.2. The smallest absolute Gasteiger partial charge is 0.249 e. The summed E-state index contributed by atoms with van der Waals surface area (Å²) in [6.07, 6.45) is 5.55. The van der Waals surface area contributed by atoms with Crippen molar-refractivity contribution in [1.82, 2.24) is 10.2 Å². The van der Waals surface area contributed by atoms with E-state index in [4.69, 9.17) is 4.74 Å². The second-order valence-electron chi connectivity index (χ2n) is 7.27. The minimum absolute atomic E-state index is 0.114. The van der Waals surface area contributed by atoms with Gasteiger partial charge < -0.3 is 10.1 Å². The van der Waals surface area contributed by atoms with E-state index in [2.05, 4.69) is 29.3 Å². The highest BCUT2D eigenvalue weighted by atomic mass is 32.1. The summed E-state index contributed by atoms with van der Waals surface area (Å²) in [7, 11) is 0. The van der Waals surface area contributed by atoms with E-state index < -0.39 is 0 Å². The molecule has 2 aliphatic heterocycles. The molecule has 0 radical (unpaired) electrons. The zero-order chi connectivity index (χ0) is 15.8. The number of nitrogens with one attached hydrogen (secondary N) is 1. The summed E-state index contributed by atoms with van der Waals surface area (Å²) in [6.45, 7) is 5.12. The summed E-state index contributed by atoms with van der Waals surface area (Å²) in [4.78, 5) is 17.6. The van der Waals surface area contributed by atoms with E-state index in [1.165, 1.54) is 22.6 Å². The third kappa shape index (κ3) is 3.62. The number of carbonyl (C=O) groups is 1. The Morgan fingerprint density at radius 1 is 1.30 bits per heavy atom. The van der Waals surface area contributed by atoms with Crippen LogP contribution in [0.3, 0.4) is 0 Å². The lowest BCUT2D eigenvalue weighted by Crippen LogP contribution is -2.47. The first kappa shape index (κ1) is 15.6. The van der Waals surface area contributed by atoms with Crippen LogP contribution in [0.1, 0.15) is 41.9 Å². The van der Waals surface area contributed by atoms with E-state index in [-0.39, 0.29) is 18.1 Å². The lowest BCUT2D eigenvalue weighted by Gasteiger charge is -2.35. The van der Waals surface area contributed by atoms with Crippen molar-refractivity contribution in [3.63, 3.8) is 0 Å². The van der Waals surface area contributed by atoms with Crippen LogP contribution in [0.15, 0.2) is 12.1 Å². The second-order valence-corrected chi connectivity index (χ2v) is 8.64. The SMILES string of the molecule is Cc1ccc(CN2CC[C@H]3O[C@@H](C(=O)NCC4CC4)CC[C@H]32)s1. The molecule has 1 amide bonds. The molecule has 126 valence electrons. The summed E-state index contributed by atoms with van der Waals surface area (Å²) < 4.78 is 6.15. The number of hydrogen-bond donors (Lipinski definition) is 1. The highest BCUT2D eigenvalue weighted by molar-refractivity contribution is 7.11. The van der Waals surface area contributed by atoms with E-state index in [0.29, 0.717) is 6.04 Å². The Kier molecular flexibility index (Phi) is 4.43. The van der Waals surface area contributed by atoms with Crippen molar-refractivity contribution in [3.8, 4) is 0 Å². The van der Waals surface area contributed by atoms with Gasteiger partial charge in [-0.1, -0.05) is 0 Å². The van der Waals surface area contributed by atoms with E-state index in [1.807, 2.05) is 11.3 Å². The Hall–Kier alpha value is -0.910. The van der Waals surface area contributed by atoms with Gasteiger partial charge in [0.1, 0.15) is 6.10 Å². The van der Waals surface area contributed by atoms with Gasteiger partial charge in [-0.25, -0.2) is 0 Å². The highest BCUT2D eigenvalue weighted by Gasteiger charge is 2.41. The average molecular weight is 334 g/mol. The van der Waals surface area contributed by atoms with Gasteiger partial charge in [0.2, 0.25) is 5.91 Å². The number of aryl methyl sites for hydroxylation is 1. The summed E-state index contributed by atoms with van der Waals surface area (Å²) in [5.41, 5.74) is 0. The molecule has 0 unspecified atom stereocenters. The van der Waals surface area contributed by atoms with Crippen molar-refractivity contribution in [2.24, 2.45) is 5.92 Å². The molecule has 0 bridgehead atoms. The zero-order valence-electron chi connectivity index (χ0n) is 13.8. The molecule has 1 aromatic heterocycles. The molecule has 23 heavy (non-hydrogen) atoms.